The van der Waals surface area contributed by atoms with E-state index in [-0.39, 0.29) is 5.91 Å². The van der Waals surface area contributed by atoms with Crippen molar-refractivity contribution in [3.05, 3.63) is 18.2 Å². The van der Waals surface area contributed by atoms with Gasteiger partial charge in [0.15, 0.2) is 0 Å². The van der Waals surface area contributed by atoms with Gasteiger partial charge < -0.3 is 5.32 Å². The van der Waals surface area contributed by atoms with Crippen molar-refractivity contribution in [2.24, 2.45) is 7.05 Å². The third-order valence-corrected chi connectivity index (χ3v) is 2.53. The molecular formula is C10H16N3O+. The van der Waals surface area contributed by atoms with E-state index in [0.717, 1.165) is 25.2 Å². The highest BCUT2D eigenvalue weighted by atomic mass is 16.2. The predicted octanol–water partition coefficient (Wildman–Crippen LogP) is 0.225. The van der Waals surface area contributed by atoms with Crippen molar-refractivity contribution >= 4 is 5.91 Å². The van der Waals surface area contributed by atoms with Crippen molar-refractivity contribution in [1.82, 2.24) is 9.88 Å². The highest BCUT2D eigenvalue weighted by Gasteiger charge is 2.29. The zero-order valence-electron chi connectivity index (χ0n) is 8.66. The average molecular weight is 194 g/mol. The number of hydrogen-bond acceptors (Lipinski definition) is 1. The van der Waals surface area contributed by atoms with E-state index >= 15 is 0 Å². The quantitative estimate of drug-likeness (QED) is 0.687. The van der Waals surface area contributed by atoms with Crippen LogP contribution in [-0.4, -0.2) is 16.5 Å². The molecule has 1 heterocycles. The highest BCUT2D eigenvalue weighted by Crippen LogP contribution is 2.18. The lowest BCUT2D eigenvalue weighted by Gasteiger charge is -2.01. The Labute approximate surface area is 83.5 Å². The van der Waals surface area contributed by atoms with Gasteiger partial charge in [0.25, 0.3) is 0 Å². The van der Waals surface area contributed by atoms with Crippen molar-refractivity contribution < 1.29 is 9.36 Å². The summed E-state index contributed by atoms with van der Waals surface area (Å²) in [5, 5.41) is 2.99. The molecule has 0 bridgehead atoms. The fourth-order valence-corrected chi connectivity index (χ4v) is 1.55. The van der Waals surface area contributed by atoms with Crippen LogP contribution in [-0.2, 0) is 13.6 Å². The average Bonchev–Trinajstić information content (AvgIpc) is 2.87. The molecule has 1 aromatic heterocycles. The lowest BCUT2D eigenvalue weighted by Crippen LogP contribution is -2.41. The first-order chi connectivity index (χ1) is 6.72. The number of amides is 1. The van der Waals surface area contributed by atoms with E-state index in [1.54, 1.807) is 0 Å². The molecule has 2 rings (SSSR count). The molecule has 4 heteroatoms. The SMILES string of the molecule is CCn1cc[n+](C)c1C(=O)NC1CC1. The summed E-state index contributed by atoms with van der Waals surface area (Å²) in [6.45, 7) is 2.86. The molecule has 1 saturated carbocycles. The molecular weight excluding hydrogens is 178 g/mol. The molecule has 1 aliphatic rings. The number of hydrogen-bond donors (Lipinski definition) is 1. The zero-order chi connectivity index (χ0) is 10.1. The molecule has 76 valence electrons. The summed E-state index contributed by atoms with van der Waals surface area (Å²) in [6, 6.07) is 0.419. The Morgan fingerprint density at radius 1 is 1.71 bits per heavy atom. The number of imidazole rings is 1. The van der Waals surface area contributed by atoms with Gasteiger partial charge in [-0.1, -0.05) is 0 Å². The van der Waals surface area contributed by atoms with Crippen molar-refractivity contribution in [2.45, 2.75) is 32.4 Å². The first-order valence-electron chi connectivity index (χ1n) is 5.08. The van der Waals surface area contributed by atoms with Gasteiger partial charge in [-0.3, -0.25) is 4.79 Å². The van der Waals surface area contributed by atoms with Gasteiger partial charge in [0.05, 0.1) is 13.6 Å². The number of aryl methyl sites for hydroxylation is 2. The van der Waals surface area contributed by atoms with Gasteiger partial charge >= 0.3 is 11.7 Å². The first kappa shape index (κ1) is 9.24. The molecule has 1 fully saturated rings. The van der Waals surface area contributed by atoms with Gasteiger partial charge in [-0.15, -0.1) is 0 Å². The van der Waals surface area contributed by atoms with Crippen LogP contribution < -0.4 is 9.88 Å². The van der Waals surface area contributed by atoms with Crippen LogP contribution in [0.1, 0.15) is 30.4 Å². The summed E-state index contributed by atoms with van der Waals surface area (Å²) in [5.41, 5.74) is 0. The maximum Gasteiger partial charge on any atom is 0.347 e. The van der Waals surface area contributed by atoms with Crippen molar-refractivity contribution in [3.8, 4) is 0 Å². The van der Waals surface area contributed by atoms with Gasteiger partial charge in [-0.25, -0.2) is 9.13 Å². The van der Waals surface area contributed by atoms with E-state index in [0.29, 0.717) is 6.04 Å². The normalized spacial score (nSPS) is 15.6. The first-order valence-corrected chi connectivity index (χ1v) is 5.08. The van der Waals surface area contributed by atoms with Gasteiger partial charge in [0, 0.05) is 6.04 Å². The van der Waals surface area contributed by atoms with Gasteiger partial charge in [-0.2, -0.15) is 0 Å². The van der Waals surface area contributed by atoms with Crippen LogP contribution in [0.2, 0.25) is 0 Å². The van der Waals surface area contributed by atoms with E-state index in [9.17, 15) is 4.79 Å². The Bertz CT molecular complexity index is 352. The molecule has 4 nitrogen and oxygen atoms in total. The van der Waals surface area contributed by atoms with E-state index in [1.165, 1.54) is 0 Å². The third-order valence-electron chi connectivity index (χ3n) is 2.53. The molecule has 0 radical (unpaired) electrons. The Kier molecular flexibility index (Phi) is 2.27. The molecule has 1 aromatic rings. The van der Waals surface area contributed by atoms with Crippen LogP contribution >= 0.6 is 0 Å². The van der Waals surface area contributed by atoms with E-state index in [4.69, 9.17) is 0 Å². The second kappa shape index (κ2) is 3.44. The smallest absolute Gasteiger partial charge is 0.343 e. The largest absolute Gasteiger partial charge is 0.347 e. The van der Waals surface area contributed by atoms with Crippen LogP contribution in [0.3, 0.4) is 0 Å². The molecule has 1 amide bonds. The fourth-order valence-electron chi connectivity index (χ4n) is 1.55. The van der Waals surface area contributed by atoms with Gasteiger partial charge in [0.1, 0.15) is 12.4 Å². The van der Waals surface area contributed by atoms with Crippen LogP contribution in [0, 0.1) is 0 Å². The number of carbonyl (C=O) groups is 1. The minimum Gasteiger partial charge on any atom is -0.343 e. The molecule has 0 unspecified atom stereocenters. The number of aromatic nitrogens is 2. The van der Waals surface area contributed by atoms with E-state index in [1.807, 2.05) is 35.5 Å². The van der Waals surface area contributed by atoms with Crippen LogP contribution in [0.5, 0.6) is 0 Å². The predicted molar refractivity (Wildman–Crippen MR) is 51.8 cm³/mol. The molecule has 1 N–H and O–H groups in total. The zero-order valence-corrected chi connectivity index (χ0v) is 8.66. The van der Waals surface area contributed by atoms with Gasteiger partial charge in [0.2, 0.25) is 0 Å². The Morgan fingerprint density at radius 2 is 2.43 bits per heavy atom. The number of nitrogens with zero attached hydrogens (tertiary/aromatic N) is 2. The summed E-state index contributed by atoms with van der Waals surface area (Å²) >= 11 is 0. The topological polar surface area (TPSA) is 37.9 Å². The summed E-state index contributed by atoms with van der Waals surface area (Å²) in [6.07, 6.45) is 6.09. The molecule has 0 atom stereocenters. The Morgan fingerprint density at radius 3 is 3.00 bits per heavy atom. The minimum atomic E-state index is 0.0434. The van der Waals surface area contributed by atoms with Crippen LogP contribution in [0.25, 0.3) is 0 Å². The summed E-state index contributed by atoms with van der Waals surface area (Å²) in [5.74, 6) is 0.779. The van der Waals surface area contributed by atoms with E-state index in [2.05, 4.69) is 5.32 Å². The molecule has 0 spiro atoms. The fraction of sp³-hybridized carbons (Fsp3) is 0.600. The molecule has 14 heavy (non-hydrogen) atoms. The second-order valence-corrected chi connectivity index (χ2v) is 3.77. The molecule has 0 aliphatic heterocycles. The third kappa shape index (κ3) is 1.64. The standard InChI is InChI=1S/C10H15N3O/c1-3-13-7-6-12(2)10(13)9(14)11-8-4-5-8/h6-8H,3-5H2,1-2H3/p+1. The number of rotatable bonds is 3. The lowest BCUT2D eigenvalue weighted by molar-refractivity contribution is -0.673. The minimum absolute atomic E-state index is 0.0434. The van der Waals surface area contributed by atoms with Crippen molar-refractivity contribution in [1.29, 1.82) is 0 Å². The van der Waals surface area contributed by atoms with Crippen molar-refractivity contribution in [3.63, 3.8) is 0 Å². The van der Waals surface area contributed by atoms with Crippen LogP contribution in [0.15, 0.2) is 12.4 Å². The summed E-state index contributed by atoms with van der Waals surface area (Å²) in [4.78, 5) is 11.8. The van der Waals surface area contributed by atoms with E-state index < -0.39 is 0 Å². The maximum atomic E-state index is 11.8. The highest BCUT2D eigenvalue weighted by molar-refractivity contribution is 5.89. The summed E-state index contributed by atoms with van der Waals surface area (Å²) < 4.78 is 3.82. The van der Waals surface area contributed by atoms with Crippen LogP contribution in [0.4, 0.5) is 0 Å². The number of carbonyl (C=O) groups excluding carboxylic acids is 1. The maximum absolute atomic E-state index is 11.8. The summed E-state index contributed by atoms with van der Waals surface area (Å²) in [7, 11) is 1.90. The second-order valence-electron chi connectivity index (χ2n) is 3.77. The number of nitrogens with one attached hydrogen (secondary N) is 1. The lowest BCUT2D eigenvalue weighted by atomic mass is 10.5. The molecule has 1 aliphatic carbocycles. The molecule has 0 saturated heterocycles. The Hall–Kier alpha value is -1.32. The van der Waals surface area contributed by atoms with Gasteiger partial charge in [-0.05, 0) is 19.8 Å². The monoisotopic (exact) mass is 194 g/mol. The van der Waals surface area contributed by atoms with Crippen molar-refractivity contribution in [2.75, 3.05) is 0 Å². The Balaban J connectivity index is 2.19. The molecule has 0 aromatic carbocycles.